The number of nitrogens with zero attached hydrogens (tertiary/aromatic N) is 2. The standard InChI is InChI=1S/C15H18N4O2/c1-15(14(21)16-2)7-8-19(9-15)13(20)12-10-5-3-4-6-11(10)17-18-12/h3-6H,7-9H2,1-2H3,(H,16,21)(H,17,18). The van der Waals surface area contributed by atoms with E-state index in [0.29, 0.717) is 25.2 Å². The molecule has 110 valence electrons. The van der Waals surface area contributed by atoms with Crippen molar-refractivity contribution in [1.29, 1.82) is 0 Å². The Kier molecular flexibility index (Phi) is 3.16. The van der Waals surface area contributed by atoms with Crippen LogP contribution in [-0.4, -0.2) is 47.0 Å². The van der Waals surface area contributed by atoms with Crippen LogP contribution in [0.3, 0.4) is 0 Å². The van der Waals surface area contributed by atoms with Crippen LogP contribution in [0, 0.1) is 5.41 Å². The lowest BCUT2D eigenvalue weighted by atomic mass is 9.89. The summed E-state index contributed by atoms with van der Waals surface area (Å²) in [6.07, 6.45) is 0.667. The molecule has 0 aliphatic carbocycles. The largest absolute Gasteiger partial charge is 0.359 e. The van der Waals surface area contributed by atoms with Crippen LogP contribution in [-0.2, 0) is 4.79 Å². The van der Waals surface area contributed by atoms with Crippen LogP contribution in [0.2, 0.25) is 0 Å². The van der Waals surface area contributed by atoms with Gasteiger partial charge in [0, 0.05) is 25.5 Å². The molecule has 1 aliphatic heterocycles. The zero-order valence-electron chi connectivity index (χ0n) is 12.1. The SMILES string of the molecule is CNC(=O)C1(C)CCN(C(=O)c2n[nH]c3ccccc23)C1. The molecule has 1 aromatic carbocycles. The van der Waals surface area contributed by atoms with E-state index in [9.17, 15) is 9.59 Å². The van der Waals surface area contributed by atoms with Gasteiger partial charge in [0.1, 0.15) is 0 Å². The van der Waals surface area contributed by atoms with Gasteiger partial charge < -0.3 is 10.2 Å². The number of aromatic nitrogens is 2. The molecule has 6 nitrogen and oxygen atoms in total. The molecule has 3 rings (SSSR count). The van der Waals surface area contributed by atoms with Crippen LogP contribution in [0.25, 0.3) is 10.9 Å². The van der Waals surface area contributed by atoms with Gasteiger partial charge in [0.2, 0.25) is 5.91 Å². The second-order valence-electron chi connectivity index (χ2n) is 5.73. The Balaban J connectivity index is 1.86. The number of benzene rings is 1. The summed E-state index contributed by atoms with van der Waals surface area (Å²) in [6.45, 7) is 2.89. The maximum absolute atomic E-state index is 12.6. The van der Waals surface area contributed by atoms with E-state index in [-0.39, 0.29) is 11.8 Å². The Bertz CT molecular complexity index is 709. The number of hydrogen-bond donors (Lipinski definition) is 2. The highest BCUT2D eigenvalue weighted by Crippen LogP contribution is 2.31. The smallest absolute Gasteiger partial charge is 0.275 e. The number of para-hydroxylation sites is 1. The van der Waals surface area contributed by atoms with E-state index in [2.05, 4.69) is 15.5 Å². The summed E-state index contributed by atoms with van der Waals surface area (Å²) in [6, 6.07) is 7.54. The third-order valence-corrected chi connectivity index (χ3v) is 4.21. The molecule has 1 fully saturated rings. The van der Waals surface area contributed by atoms with Crippen LogP contribution in [0.15, 0.2) is 24.3 Å². The van der Waals surface area contributed by atoms with Gasteiger partial charge in [-0.2, -0.15) is 5.10 Å². The monoisotopic (exact) mass is 286 g/mol. The van der Waals surface area contributed by atoms with Gasteiger partial charge in [-0.05, 0) is 19.4 Å². The van der Waals surface area contributed by atoms with E-state index in [1.54, 1.807) is 11.9 Å². The van der Waals surface area contributed by atoms with Crippen LogP contribution in [0.1, 0.15) is 23.8 Å². The van der Waals surface area contributed by atoms with Gasteiger partial charge in [-0.15, -0.1) is 0 Å². The average Bonchev–Trinajstić information content (AvgIpc) is 3.10. The number of H-pyrrole nitrogens is 1. The first-order valence-electron chi connectivity index (χ1n) is 7.00. The average molecular weight is 286 g/mol. The Morgan fingerprint density at radius 2 is 2.14 bits per heavy atom. The molecule has 21 heavy (non-hydrogen) atoms. The summed E-state index contributed by atoms with van der Waals surface area (Å²) in [7, 11) is 1.62. The van der Waals surface area contributed by atoms with Crippen molar-refractivity contribution in [2.45, 2.75) is 13.3 Å². The normalized spacial score (nSPS) is 21.7. The molecule has 0 bridgehead atoms. The predicted molar refractivity (Wildman–Crippen MR) is 78.8 cm³/mol. The number of hydrogen-bond acceptors (Lipinski definition) is 3. The van der Waals surface area contributed by atoms with Crippen molar-refractivity contribution in [2.24, 2.45) is 5.41 Å². The molecular formula is C15H18N4O2. The van der Waals surface area contributed by atoms with Crippen LogP contribution < -0.4 is 5.32 Å². The van der Waals surface area contributed by atoms with E-state index >= 15 is 0 Å². The molecule has 1 aliphatic rings. The number of aromatic amines is 1. The lowest BCUT2D eigenvalue weighted by molar-refractivity contribution is -0.128. The molecule has 2 N–H and O–H groups in total. The van der Waals surface area contributed by atoms with E-state index in [4.69, 9.17) is 0 Å². The minimum absolute atomic E-state index is 0.0234. The van der Waals surface area contributed by atoms with E-state index in [1.807, 2.05) is 31.2 Å². The van der Waals surface area contributed by atoms with E-state index in [0.717, 1.165) is 10.9 Å². The lowest BCUT2D eigenvalue weighted by Gasteiger charge is -2.22. The maximum atomic E-state index is 12.6. The Morgan fingerprint density at radius 3 is 2.90 bits per heavy atom. The molecule has 1 saturated heterocycles. The highest BCUT2D eigenvalue weighted by atomic mass is 16.2. The molecule has 0 radical (unpaired) electrons. The summed E-state index contributed by atoms with van der Waals surface area (Å²) < 4.78 is 0. The number of amides is 2. The second-order valence-corrected chi connectivity index (χ2v) is 5.73. The predicted octanol–water partition coefficient (Wildman–Crippen LogP) is 1.16. The van der Waals surface area contributed by atoms with Crippen molar-refractivity contribution in [3.8, 4) is 0 Å². The van der Waals surface area contributed by atoms with Crippen LogP contribution in [0.5, 0.6) is 0 Å². The maximum Gasteiger partial charge on any atom is 0.275 e. The number of nitrogens with one attached hydrogen (secondary N) is 2. The fourth-order valence-corrected chi connectivity index (χ4v) is 2.90. The first-order valence-corrected chi connectivity index (χ1v) is 7.00. The van der Waals surface area contributed by atoms with Gasteiger partial charge in [-0.3, -0.25) is 14.7 Å². The summed E-state index contributed by atoms with van der Waals surface area (Å²) in [5, 5.41) is 10.5. The van der Waals surface area contributed by atoms with Gasteiger partial charge in [-0.1, -0.05) is 18.2 Å². The molecule has 1 unspecified atom stereocenters. The number of rotatable bonds is 2. The zero-order chi connectivity index (χ0) is 15.0. The van der Waals surface area contributed by atoms with Gasteiger partial charge in [0.25, 0.3) is 5.91 Å². The van der Waals surface area contributed by atoms with E-state index in [1.165, 1.54) is 0 Å². The molecule has 6 heteroatoms. The van der Waals surface area contributed by atoms with Crippen molar-refractivity contribution in [3.05, 3.63) is 30.0 Å². The molecule has 2 amide bonds. The summed E-state index contributed by atoms with van der Waals surface area (Å²) in [5.41, 5.74) is 0.747. The zero-order valence-corrected chi connectivity index (χ0v) is 12.1. The van der Waals surface area contributed by atoms with Gasteiger partial charge in [0.05, 0.1) is 10.9 Å². The van der Waals surface area contributed by atoms with Crippen LogP contribution >= 0.6 is 0 Å². The minimum Gasteiger partial charge on any atom is -0.359 e. The number of fused-ring (bicyclic) bond motifs is 1. The van der Waals surface area contributed by atoms with Gasteiger partial charge in [0.15, 0.2) is 5.69 Å². The van der Waals surface area contributed by atoms with Crippen molar-refractivity contribution >= 4 is 22.7 Å². The first-order chi connectivity index (χ1) is 10.0. The van der Waals surface area contributed by atoms with Gasteiger partial charge in [-0.25, -0.2) is 0 Å². The molecule has 2 heterocycles. The Morgan fingerprint density at radius 1 is 1.38 bits per heavy atom. The van der Waals surface area contributed by atoms with Crippen LogP contribution in [0.4, 0.5) is 0 Å². The number of carbonyl (C=O) groups excluding carboxylic acids is 2. The fraction of sp³-hybridized carbons (Fsp3) is 0.400. The van der Waals surface area contributed by atoms with Crippen molar-refractivity contribution in [1.82, 2.24) is 20.4 Å². The number of carbonyl (C=O) groups is 2. The van der Waals surface area contributed by atoms with E-state index < -0.39 is 5.41 Å². The third kappa shape index (κ3) is 2.16. The van der Waals surface area contributed by atoms with Gasteiger partial charge >= 0.3 is 0 Å². The summed E-state index contributed by atoms with van der Waals surface area (Å²) in [5.74, 6) is -0.148. The molecule has 2 aromatic rings. The highest BCUT2D eigenvalue weighted by Gasteiger charge is 2.42. The summed E-state index contributed by atoms with van der Waals surface area (Å²) in [4.78, 5) is 26.3. The minimum atomic E-state index is -0.517. The summed E-state index contributed by atoms with van der Waals surface area (Å²) >= 11 is 0. The molecule has 0 saturated carbocycles. The molecule has 0 spiro atoms. The fourth-order valence-electron chi connectivity index (χ4n) is 2.90. The second kappa shape index (κ2) is 4.87. The Hall–Kier alpha value is -2.37. The van der Waals surface area contributed by atoms with Crippen molar-refractivity contribution in [2.75, 3.05) is 20.1 Å². The van der Waals surface area contributed by atoms with Crippen molar-refractivity contribution < 1.29 is 9.59 Å². The molecule has 1 atom stereocenters. The topological polar surface area (TPSA) is 78.1 Å². The quantitative estimate of drug-likeness (QED) is 0.869. The highest BCUT2D eigenvalue weighted by molar-refractivity contribution is 6.05. The Labute approximate surface area is 122 Å². The first kappa shape index (κ1) is 13.6. The molecular weight excluding hydrogens is 268 g/mol. The van der Waals surface area contributed by atoms with Crippen molar-refractivity contribution in [3.63, 3.8) is 0 Å². The lowest BCUT2D eigenvalue weighted by Crippen LogP contribution is -2.40. The number of likely N-dealkylation sites (tertiary alicyclic amines) is 1. The molecule has 1 aromatic heterocycles. The third-order valence-electron chi connectivity index (χ3n) is 4.21.